The highest BCUT2D eigenvalue weighted by Crippen LogP contribution is 2.42. The SMILES string of the molecule is COP(OC)Oc1ccccc1Nc1nc(Cl)ncc1Cl. The summed E-state index contributed by atoms with van der Waals surface area (Å²) >= 11 is 11.8. The zero-order valence-electron chi connectivity index (χ0n) is 11.2. The standard InChI is InChI=1S/C12H12Cl2N3O3P/c1-18-21(19-2)20-10-6-4-3-5-9(10)16-11-8(13)7-15-12(14)17-11/h3-7H,1-2H3,(H,15,16,17). The number of aromatic nitrogens is 2. The molecule has 0 aliphatic rings. The molecule has 0 bridgehead atoms. The number of nitrogens with zero attached hydrogens (tertiary/aromatic N) is 2. The Kier molecular flexibility index (Phi) is 5.96. The number of halogens is 2. The number of benzene rings is 1. The Morgan fingerprint density at radius 1 is 1.14 bits per heavy atom. The van der Waals surface area contributed by atoms with E-state index in [4.69, 9.17) is 36.8 Å². The molecule has 2 aromatic rings. The molecule has 0 spiro atoms. The van der Waals surface area contributed by atoms with Gasteiger partial charge in [-0.25, -0.2) is 4.98 Å². The van der Waals surface area contributed by atoms with Crippen molar-refractivity contribution in [2.24, 2.45) is 0 Å². The predicted molar refractivity (Wildman–Crippen MR) is 83.3 cm³/mol. The van der Waals surface area contributed by atoms with E-state index in [0.29, 0.717) is 22.3 Å². The lowest BCUT2D eigenvalue weighted by atomic mass is 10.3. The summed E-state index contributed by atoms with van der Waals surface area (Å²) in [5, 5.41) is 3.48. The molecule has 0 aliphatic heterocycles. The number of nitrogens with one attached hydrogen (secondary N) is 1. The van der Waals surface area contributed by atoms with E-state index < -0.39 is 8.60 Å². The lowest BCUT2D eigenvalue weighted by Crippen LogP contribution is -1.99. The van der Waals surface area contributed by atoms with Crippen molar-refractivity contribution in [1.29, 1.82) is 0 Å². The summed E-state index contributed by atoms with van der Waals surface area (Å²) < 4.78 is 15.8. The smallest absolute Gasteiger partial charge is 0.396 e. The summed E-state index contributed by atoms with van der Waals surface area (Å²) in [6, 6.07) is 7.24. The molecule has 0 aliphatic carbocycles. The summed E-state index contributed by atoms with van der Waals surface area (Å²) in [6.07, 6.45) is 1.42. The Bertz CT molecular complexity index is 614. The molecule has 9 heteroatoms. The average Bonchev–Trinajstić information content (AvgIpc) is 2.50. The first-order valence-electron chi connectivity index (χ1n) is 5.74. The van der Waals surface area contributed by atoms with Crippen LogP contribution in [-0.4, -0.2) is 24.2 Å². The fraction of sp³-hybridized carbons (Fsp3) is 0.167. The first kappa shape index (κ1) is 16.2. The fourth-order valence-electron chi connectivity index (χ4n) is 1.44. The fourth-order valence-corrected chi connectivity index (χ4v) is 2.33. The second-order valence-corrected chi connectivity index (χ2v) is 5.74. The molecule has 1 heterocycles. The highest BCUT2D eigenvalue weighted by atomic mass is 35.5. The number of rotatable bonds is 6. The van der Waals surface area contributed by atoms with Gasteiger partial charge in [0.25, 0.3) is 0 Å². The van der Waals surface area contributed by atoms with Crippen LogP contribution in [0.2, 0.25) is 10.3 Å². The monoisotopic (exact) mass is 347 g/mol. The average molecular weight is 348 g/mol. The van der Waals surface area contributed by atoms with Crippen LogP contribution in [0.15, 0.2) is 30.5 Å². The van der Waals surface area contributed by atoms with Crippen molar-refractivity contribution in [3.63, 3.8) is 0 Å². The van der Waals surface area contributed by atoms with Gasteiger partial charge in [0.1, 0.15) is 5.02 Å². The first-order valence-corrected chi connectivity index (χ1v) is 7.59. The van der Waals surface area contributed by atoms with Crippen molar-refractivity contribution < 1.29 is 13.6 Å². The van der Waals surface area contributed by atoms with Gasteiger partial charge in [-0.15, -0.1) is 0 Å². The van der Waals surface area contributed by atoms with Crippen LogP contribution in [-0.2, 0) is 9.05 Å². The quantitative estimate of drug-likeness (QED) is 0.616. The molecule has 0 unspecified atom stereocenters. The van der Waals surface area contributed by atoms with E-state index in [1.807, 2.05) is 12.1 Å². The Labute approximate surface area is 133 Å². The van der Waals surface area contributed by atoms with Gasteiger partial charge in [0.15, 0.2) is 11.6 Å². The number of hydrogen-bond donors (Lipinski definition) is 1. The van der Waals surface area contributed by atoms with Gasteiger partial charge in [-0.1, -0.05) is 23.7 Å². The molecule has 0 atom stereocenters. The number of anilines is 2. The lowest BCUT2D eigenvalue weighted by Gasteiger charge is -2.16. The van der Waals surface area contributed by atoms with Gasteiger partial charge < -0.3 is 18.9 Å². The lowest BCUT2D eigenvalue weighted by molar-refractivity contribution is 0.277. The Balaban J connectivity index is 2.25. The van der Waals surface area contributed by atoms with E-state index in [2.05, 4.69) is 15.3 Å². The normalized spacial score (nSPS) is 10.7. The molecular formula is C12H12Cl2N3O3P. The van der Waals surface area contributed by atoms with Gasteiger partial charge in [0.05, 0.1) is 11.9 Å². The third kappa shape index (κ3) is 4.40. The molecule has 112 valence electrons. The zero-order chi connectivity index (χ0) is 15.2. The minimum atomic E-state index is -1.47. The summed E-state index contributed by atoms with van der Waals surface area (Å²) in [6.45, 7) is 0. The molecule has 0 radical (unpaired) electrons. The van der Waals surface area contributed by atoms with E-state index in [0.717, 1.165) is 0 Å². The molecule has 0 saturated heterocycles. The van der Waals surface area contributed by atoms with Crippen LogP contribution in [0.1, 0.15) is 0 Å². The Hall–Kier alpha value is -1.17. The van der Waals surface area contributed by atoms with Crippen LogP contribution >= 0.6 is 31.8 Å². The molecule has 0 amide bonds. The second-order valence-electron chi connectivity index (χ2n) is 3.64. The maximum absolute atomic E-state index is 6.03. The van der Waals surface area contributed by atoms with Gasteiger partial charge in [-0.3, -0.25) is 0 Å². The van der Waals surface area contributed by atoms with Crippen molar-refractivity contribution in [2.75, 3.05) is 19.5 Å². The van der Waals surface area contributed by atoms with Gasteiger partial charge >= 0.3 is 8.60 Å². The van der Waals surface area contributed by atoms with Gasteiger partial charge in [-0.2, -0.15) is 4.98 Å². The summed E-state index contributed by atoms with van der Waals surface area (Å²) in [5.41, 5.74) is 0.649. The molecule has 1 N–H and O–H groups in total. The van der Waals surface area contributed by atoms with Crippen LogP contribution in [0.3, 0.4) is 0 Å². The molecule has 0 fully saturated rings. The van der Waals surface area contributed by atoms with E-state index in [9.17, 15) is 0 Å². The van der Waals surface area contributed by atoms with E-state index in [-0.39, 0.29) is 5.28 Å². The van der Waals surface area contributed by atoms with E-state index >= 15 is 0 Å². The molecule has 1 aromatic heterocycles. The van der Waals surface area contributed by atoms with Crippen molar-refractivity contribution in [1.82, 2.24) is 9.97 Å². The highest BCUT2D eigenvalue weighted by molar-refractivity contribution is 7.42. The Morgan fingerprint density at radius 3 is 2.57 bits per heavy atom. The van der Waals surface area contributed by atoms with E-state index in [1.54, 1.807) is 12.1 Å². The second kappa shape index (κ2) is 7.73. The molecule has 21 heavy (non-hydrogen) atoms. The highest BCUT2D eigenvalue weighted by Gasteiger charge is 2.14. The predicted octanol–water partition coefficient (Wildman–Crippen LogP) is 4.43. The molecular weight excluding hydrogens is 336 g/mol. The van der Waals surface area contributed by atoms with Crippen LogP contribution in [0, 0.1) is 0 Å². The topological polar surface area (TPSA) is 65.5 Å². The Morgan fingerprint density at radius 2 is 1.86 bits per heavy atom. The van der Waals surface area contributed by atoms with Crippen molar-refractivity contribution in [3.05, 3.63) is 40.8 Å². The summed E-state index contributed by atoms with van der Waals surface area (Å²) in [4.78, 5) is 7.82. The maximum atomic E-state index is 6.03. The number of para-hydroxylation sites is 2. The largest absolute Gasteiger partial charge is 0.425 e. The molecule has 0 saturated carbocycles. The minimum absolute atomic E-state index is 0.0938. The summed E-state index contributed by atoms with van der Waals surface area (Å²) in [7, 11) is 1.54. The van der Waals surface area contributed by atoms with Crippen LogP contribution in [0.4, 0.5) is 11.5 Å². The van der Waals surface area contributed by atoms with E-state index in [1.165, 1.54) is 20.4 Å². The summed E-state index contributed by atoms with van der Waals surface area (Å²) in [5.74, 6) is 0.921. The van der Waals surface area contributed by atoms with Gasteiger partial charge in [0, 0.05) is 14.2 Å². The zero-order valence-corrected chi connectivity index (χ0v) is 13.6. The maximum Gasteiger partial charge on any atom is 0.396 e. The molecule has 6 nitrogen and oxygen atoms in total. The third-order valence-electron chi connectivity index (χ3n) is 2.33. The minimum Gasteiger partial charge on any atom is -0.425 e. The van der Waals surface area contributed by atoms with Gasteiger partial charge in [0.2, 0.25) is 5.28 Å². The number of hydrogen-bond acceptors (Lipinski definition) is 6. The molecule has 2 rings (SSSR count). The van der Waals surface area contributed by atoms with Crippen molar-refractivity contribution in [2.45, 2.75) is 0 Å². The van der Waals surface area contributed by atoms with Crippen LogP contribution in [0.25, 0.3) is 0 Å². The van der Waals surface area contributed by atoms with Crippen molar-refractivity contribution in [3.8, 4) is 5.75 Å². The third-order valence-corrected chi connectivity index (χ3v) is 3.73. The first-order chi connectivity index (χ1) is 10.1. The van der Waals surface area contributed by atoms with Gasteiger partial charge in [-0.05, 0) is 23.7 Å². The van der Waals surface area contributed by atoms with Crippen molar-refractivity contribution >= 4 is 43.3 Å². The molecule has 1 aromatic carbocycles. The van der Waals surface area contributed by atoms with Crippen LogP contribution in [0.5, 0.6) is 5.75 Å². The van der Waals surface area contributed by atoms with Crippen LogP contribution < -0.4 is 9.84 Å².